The number of thioether (sulfide) groups is 1. The van der Waals surface area contributed by atoms with Gasteiger partial charge in [0.2, 0.25) is 0 Å². The summed E-state index contributed by atoms with van der Waals surface area (Å²) >= 11 is 1.35. The molecule has 1 heterocycles. The van der Waals surface area contributed by atoms with Gasteiger partial charge in [0.25, 0.3) is 0 Å². The third kappa shape index (κ3) is 3.37. The number of hydrogen-bond donors (Lipinski definition) is 1. The summed E-state index contributed by atoms with van der Waals surface area (Å²) in [6.45, 7) is 4.74. The molecule has 0 spiro atoms. The lowest BCUT2D eigenvalue weighted by atomic mass is 10.3. The Morgan fingerprint density at radius 3 is 2.94 bits per heavy atom. The number of carbonyl (C=O) groups excluding carboxylic acids is 1. The number of aromatic nitrogens is 2. The molecule has 0 unspecified atom stereocenters. The van der Waals surface area contributed by atoms with Gasteiger partial charge in [-0.1, -0.05) is 11.8 Å². The molecule has 0 amide bonds. The van der Waals surface area contributed by atoms with E-state index in [0.717, 1.165) is 23.0 Å². The normalized spacial score (nSPS) is 9.94. The second-order valence-electron chi connectivity index (χ2n) is 3.05. The molecule has 0 aromatic carbocycles. The molecule has 88 valence electrons. The van der Waals surface area contributed by atoms with Crippen LogP contribution in [0.15, 0.2) is 11.4 Å². The Labute approximate surface area is 99.0 Å². The average molecular weight is 241 g/mol. The Morgan fingerprint density at radius 1 is 1.56 bits per heavy atom. The van der Waals surface area contributed by atoms with Crippen LogP contribution in [0.4, 0.5) is 5.82 Å². The first-order valence-corrected chi connectivity index (χ1v) is 5.92. The Morgan fingerprint density at radius 2 is 2.31 bits per heavy atom. The molecule has 5 nitrogen and oxygen atoms in total. The van der Waals surface area contributed by atoms with Crippen LogP contribution < -0.4 is 5.32 Å². The predicted octanol–water partition coefficient (Wildman–Crippen LogP) is 1.48. The average Bonchev–Trinajstić information content (AvgIpc) is 2.30. The van der Waals surface area contributed by atoms with Crippen molar-refractivity contribution in [2.45, 2.75) is 18.9 Å². The lowest BCUT2D eigenvalue weighted by Crippen LogP contribution is -2.06. The van der Waals surface area contributed by atoms with E-state index in [1.54, 1.807) is 0 Å². The maximum absolute atomic E-state index is 11.0. The Hall–Kier alpha value is -1.30. The van der Waals surface area contributed by atoms with Crippen molar-refractivity contribution in [1.29, 1.82) is 0 Å². The van der Waals surface area contributed by atoms with E-state index >= 15 is 0 Å². The van der Waals surface area contributed by atoms with Crippen LogP contribution in [0.25, 0.3) is 0 Å². The molecule has 16 heavy (non-hydrogen) atoms. The zero-order valence-electron chi connectivity index (χ0n) is 9.61. The van der Waals surface area contributed by atoms with Gasteiger partial charge >= 0.3 is 5.97 Å². The van der Waals surface area contributed by atoms with Gasteiger partial charge in [-0.15, -0.1) is 0 Å². The first kappa shape index (κ1) is 12.8. The van der Waals surface area contributed by atoms with Crippen molar-refractivity contribution in [1.82, 2.24) is 9.97 Å². The monoisotopic (exact) mass is 241 g/mol. The van der Waals surface area contributed by atoms with Crippen molar-refractivity contribution in [2.24, 2.45) is 0 Å². The summed E-state index contributed by atoms with van der Waals surface area (Å²) in [4.78, 5) is 19.3. The molecule has 1 aromatic heterocycles. The zero-order chi connectivity index (χ0) is 12.0. The minimum atomic E-state index is -0.256. The van der Waals surface area contributed by atoms with Crippen molar-refractivity contribution in [3.8, 4) is 0 Å². The number of rotatable bonds is 5. The summed E-state index contributed by atoms with van der Waals surface area (Å²) in [6.07, 6.45) is 1.49. The molecule has 0 aliphatic heterocycles. The Kier molecular flexibility index (Phi) is 5.04. The van der Waals surface area contributed by atoms with E-state index in [1.807, 2.05) is 13.8 Å². The molecule has 1 rings (SSSR count). The predicted molar refractivity (Wildman–Crippen MR) is 63.7 cm³/mol. The molecule has 0 aliphatic carbocycles. The van der Waals surface area contributed by atoms with Gasteiger partial charge < -0.3 is 10.1 Å². The molecule has 1 N–H and O–H groups in total. The fourth-order valence-corrected chi connectivity index (χ4v) is 1.92. The molecule has 1 aromatic rings. The maximum Gasteiger partial charge on any atom is 0.316 e. The number of nitrogens with one attached hydrogen (secondary N) is 1. The van der Waals surface area contributed by atoms with Gasteiger partial charge in [0.05, 0.1) is 12.9 Å². The minimum Gasteiger partial charge on any atom is -0.468 e. The van der Waals surface area contributed by atoms with Crippen LogP contribution in [0.3, 0.4) is 0 Å². The minimum absolute atomic E-state index is 0.256. The first-order chi connectivity index (χ1) is 7.69. The van der Waals surface area contributed by atoms with E-state index in [-0.39, 0.29) is 11.7 Å². The van der Waals surface area contributed by atoms with Crippen molar-refractivity contribution < 1.29 is 9.53 Å². The molecule has 0 atom stereocenters. The first-order valence-electron chi connectivity index (χ1n) is 4.94. The van der Waals surface area contributed by atoms with Crippen molar-refractivity contribution >= 4 is 23.5 Å². The molecule has 0 fully saturated rings. The van der Waals surface area contributed by atoms with Gasteiger partial charge in [-0.05, 0) is 13.8 Å². The van der Waals surface area contributed by atoms with Crippen LogP contribution in [-0.2, 0) is 9.53 Å². The number of ether oxygens (including phenoxy) is 1. The molecule has 0 radical (unpaired) electrons. The van der Waals surface area contributed by atoms with Gasteiger partial charge in [-0.25, -0.2) is 9.97 Å². The summed E-state index contributed by atoms with van der Waals surface area (Å²) in [7, 11) is 1.37. The number of esters is 1. The van der Waals surface area contributed by atoms with Gasteiger partial charge in [0.15, 0.2) is 0 Å². The smallest absolute Gasteiger partial charge is 0.316 e. The third-order valence-corrected chi connectivity index (χ3v) is 3.00. The highest BCUT2D eigenvalue weighted by Gasteiger charge is 2.09. The SMILES string of the molecule is CCNc1ncnc(SCC(=O)OC)c1C. The molecule has 0 aliphatic rings. The van der Waals surface area contributed by atoms with Gasteiger partial charge in [-0.2, -0.15) is 0 Å². The van der Waals surface area contributed by atoms with E-state index in [4.69, 9.17) is 0 Å². The highest BCUT2D eigenvalue weighted by atomic mass is 32.2. The van der Waals surface area contributed by atoms with Gasteiger partial charge in [0, 0.05) is 12.1 Å². The number of anilines is 1. The Balaban J connectivity index is 2.72. The van der Waals surface area contributed by atoms with Crippen molar-refractivity contribution in [3.63, 3.8) is 0 Å². The van der Waals surface area contributed by atoms with Crippen LogP contribution in [0, 0.1) is 6.92 Å². The highest BCUT2D eigenvalue weighted by molar-refractivity contribution is 7.99. The summed E-state index contributed by atoms with van der Waals surface area (Å²) in [6, 6.07) is 0. The Bertz CT molecular complexity index is 371. The molecular weight excluding hydrogens is 226 g/mol. The fourth-order valence-electron chi connectivity index (χ4n) is 1.11. The largest absolute Gasteiger partial charge is 0.468 e. The van der Waals surface area contributed by atoms with E-state index < -0.39 is 0 Å². The van der Waals surface area contributed by atoms with Crippen LogP contribution in [0.5, 0.6) is 0 Å². The summed E-state index contributed by atoms with van der Waals surface area (Å²) < 4.78 is 4.57. The van der Waals surface area contributed by atoms with E-state index in [1.165, 1.54) is 25.2 Å². The van der Waals surface area contributed by atoms with Crippen LogP contribution in [-0.4, -0.2) is 35.3 Å². The molecule has 0 bridgehead atoms. The standard InChI is InChI=1S/C10H15N3O2S/c1-4-11-9-7(2)10(13-6-12-9)16-5-8(14)15-3/h6H,4-5H2,1-3H3,(H,11,12,13). The molecule has 0 saturated heterocycles. The van der Waals surface area contributed by atoms with Crippen LogP contribution in [0.2, 0.25) is 0 Å². The van der Waals surface area contributed by atoms with E-state index in [2.05, 4.69) is 20.0 Å². The molecule has 0 saturated carbocycles. The number of nitrogens with zero attached hydrogens (tertiary/aromatic N) is 2. The molecule has 6 heteroatoms. The van der Waals surface area contributed by atoms with Crippen molar-refractivity contribution in [3.05, 3.63) is 11.9 Å². The van der Waals surface area contributed by atoms with Crippen LogP contribution in [0.1, 0.15) is 12.5 Å². The van der Waals surface area contributed by atoms with Gasteiger partial charge in [-0.3, -0.25) is 4.79 Å². The van der Waals surface area contributed by atoms with Crippen molar-refractivity contribution in [2.75, 3.05) is 24.7 Å². The van der Waals surface area contributed by atoms with E-state index in [9.17, 15) is 4.79 Å². The van der Waals surface area contributed by atoms with E-state index in [0.29, 0.717) is 0 Å². The second kappa shape index (κ2) is 6.32. The quantitative estimate of drug-likeness (QED) is 0.478. The second-order valence-corrected chi connectivity index (χ2v) is 4.01. The number of methoxy groups -OCH3 is 1. The maximum atomic E-state index is 11.0. The van der Waals surface area contributed by atoms with Crippen LogP contribution >= 0.6 is 11.8 Å². The zero-order valence-corrected chi connectivity index (χ0v) is 10.4. The summed E-state index contributed by atoms with van der Waals surface area (Å²) in [5.74, 6) is 0.817. The summed E-state index contributed by atoms with van der Waals surface area (Å²) in [5, 5.41) is 3.94. The molecular formula is C10H15N3O2S. The van der Waals surface area contributed by atoms with Gasteiger partial charge in [0.1, 0.15) is 17.2 Å². The fraction of sp³-hybridized carbons (Fsp3) is 0.500. The lowest BCUT2D eigenvalue weighted by Gasteiger charge is -2.08. The summed E-state index contributed by atoms with van der Waals surface area (Å²) in [5.41, 5.74) is 0.957. The third-order valence-electron chi connectivity index (χ3n) is 1.94. The number of carbonyl (C=O) groups is 1. The lowest BCUT2D eigenvalue weighted by molar-refractivity contribution is -0.137. The topological polar surface area (TPSA) is 64.1 Å². The highest BCUT2D eigenvalue weighted by Crippen LogP contribution is 2.23. The number of hydrogen-bond acceptors (Lipinski definition) is 6.